The van der Waals surface area contributed by atoms with Gasteiger partial charge in [-0.05, 0) is 25.0 Å². The third-order valence-corrected chi connectivity index (χ3v) is 4.76. The molecule has 3 heterocycles. The Hall–Kier alpha value is -2.06. The summed E-state index contributed by atoms with van der Waals surface area (Å²) in [5, 5.41) is 12.5. The van der Waals surface area contributed by atoms with E-state index < -0.39 is 5.97 Å². The second kappa shape index (κ2) is 9.59. The van der Waals surface area contributed by atoms with Gasteiger partial charge in [-0.15, -0.1) is 12.4 Å². The molecular formula is C17H26ClN5O3. The monoisotopic (exact) mass is 383 g/mol. The van der Waals surface area contributed by atoms with Gasteiger partial charge in [-0.2, -0.15) is 0 Å². The van der Waals surface area contributed by atoms with E-state index in [1.54, 1.807) is 17.3 Å². The molecule has 0 unspecified atom stereocenters. The van der Waals surface area contributed by atoms with E-state index in [9.17, 15) is 14.7 Å². The van der Waals surface area contributed by atoms with Crippen molar-refractivity contribution in [3.8, 4) is 0 Å². The first-order valence-electron chi connectivity index (χ1n) is 8.83. The Morgan fingerprint density at radius 2 is 1.62 bits per heavy atom. The summed E-state index contributed by atoms with van der Waals surface area (Å²) in [7, 11) is 0. The number of carbonyl (C=O) groups is 2. The molecule has 9 heteroatoms. The minimum Gasteiger partial charge on any atom is -0.480 e. The van der Waals surface area contributed by atoms with Crippen LogP contribution in [-0.4, -0.2) is 82.8 Å². The van der Waals surface area contributed by atoms with Crippen molar-refractivity contribution in [2.75, 3.05) is 50.7 Å². The van der Waals surface area contributed by atoms with E-state index in [0.717, 1.165) is 51.1 Å². The molecule has 0 aliphatic carbocycles. The molecule has 2 amide bonds. The number of aromatic nitrogens is 1. The molecule has 1 aromatic rings. The van der Waals surface area contributed by atoms with E-state index in [-0.39, 0.29) is 25.0 Å². The van der Waals surface area contributed by atoms with Crippen LogP contribution in [0.25, 0.3) is 0 Å². The van der Waals surface area contributed by atoms with Crippen molar-refractivity contribution in [1.82, 2.24) is 19.9 Å². The smallest absolute Gasteiger partial charge is 0.335 e. The third-order valence-electron chi connectivity index (χ3n) is 4.76. The molecule has 8 nitrogen and oxygen atoms in total. The van der Waals surface area contributed by atoms with Crippen molar-refractivity contribution < 1.29 is 14.7 Å². The van der Waals surface area contributed by atoms with Gasteiger partial charge >= 0.3 is 12.0 Å². The molecule has 2 aliphatic heterocycles. The van der Waals surface area contributed by atoms with Gasteiger partial charge in [0.2, 0.25) is 0 Å². The summed E-state index contributed by atoms with van der Waals surface area (Å²) in [6.45, 7) is 3.86. The van der Waals surface area contributed by atoms with E-state index in [0.29, 0.717) is 13.1 Å². The first-order valence-corrected chi connectivity index (χ1v) is 8.83. The molecule has 2 aliphatic rings. The lowest BCUT2D eigenvalue weighted by atomic mass is 10.2. The fourth-order valence-corrected chi connectivity index (χ4v) is 3.41. The Kier molecular flexibility index (Phi) is 7.47. The number of halogens is 1. The van der Waals surface area contributed by atoms with Crippen LogP contribution in [0.2, 0.25) is 0 Å². The van der Waals surface area contributed by atoms with Gasteiger partial charge < -0.3 is 14.9 Å². The minimum atomic E-state index is -0.977. The molecule has 1 aromatic heterocycles. The maximum Gasteiger partial charge on any atom is 0.335 e. The highest BCUT2D eigenvalue weighted by atomic mass is 35.5. The second-order valence-electron chi connectivity index (χ2n) is 6.43. The van der Waals surface area contributed by atoms with Gasteiger partial charge in [0.05, 0.1) is 0 Å². The Morgan fingerprint density at radius 3 is 2.19 bits per heavy atom. The van der Waals surface area contributed by atoms with Crippen LogP contribution in [0, 0.1) is 0 Å². The van der Waals surface area contributed by atoms with Crippen LogP contribution in [0.1, 0.15) is 19.3 Å². The summed E-state index contributed by atoms with van der Waals surface area (Å²) in [5.74, 6) is -0.977. The zero-order valence-corrected chi connectivity index (χ0v) is 15.6. The van der Waals surface area contributed by atoms with Gasteiger partial charge in [0.1, 0.15) is 6.54 Å². The quantitative estimate of drug-likeness (QED) is 0.849. The number of piperidine rings is 1. The highest BCUT2D eigenvalue weighted by molar-refractivity contribution is 5.85. The lowest BCUT2D eigenvalue weighted by Gasteiger charge is -2.42. The molecule has 0 atom stereocenters. The van der Waals surface area contributed by atoms with E-state index in [4.69, 9.17) is 0 Å². The summed E-state index contributed by atoms with van der Waals surface area (Å²) >= 11 is 0. The van der Waals surface area contributed by atoms with Crippen LogP contribution in [0.5, 0.6) is 0 Å². The number of rotatable bonds is 4. The van der Waals surface area contributed by atoms with Crippen molar-refractivity contribution >= 4 is 30.1 Å². The Morgan fingerprint density at radius 1 is 1.00 bits per heavy atom. The van der Waals surface area contributed by atoms with Crippen molar-refractivity contribution in [3.63, 3.8) is 0 Å². The molecule has 1 N–H and O–H groups in total. The number of hydrazine groups is 1. The molecule has 0 radical (unpaired) electrons. The number of hydrogen-bond donors (Lipinski definition) is 1. The predicted octanol–water partition coefficient (Wildman–Crippen LogP) is 1.53. The topological polar surface area (TPSA) is 80.2 Å². The van der Waals surface area contributed by atoms with E-state index in [1.165, 1.54) is 5.01 Å². The summed E-state index contributed by atoms with van der Waals surface area (Å²) < 4.78 is 0. The largest absolute Gasteiger partial charge is 0.480 e. The lowest BCUT2D eigenvalue weighted by molar-refractivity contribution is -0.142. The number of aliphatic carboxylic acids is 1. The van der Waals surface area contributed by atoms with Crippen LogP contribution in [-0.2, 0) is 4.79 Å². The highest BCUT2D eigenvalue weighted by Crippen LogP contribution is 2.17. The van der Waals surface area contributed by atoms with Gasteiger partial charge in [0.15, 0.2) is 0 Å². The van der Waals surface area contributed by atoms with Gasteiger partial charge in [-0.25, -0.2) is 14.8 Å². The van der Waals surface area contributed by atoms with Crippen LogP contribution >= 0.6 is 12.4 Å². The van der Waals surface area contributed by atoms with Gasteiger partial charge in [0.25, 0.3) is 0 Å². The highest BCUT2D eigenvalue weighted by Gasteiger charge is 2.31. The molecular weight excluding hydrogens is 358 g/mol. The number of amides is 2. The zero-order chi connectivity index (χ0) is 17.6. The number of anilines is 1. The number of hydrogen-bond acceptors (Lipinski definition) is 5. The predicted molar refractivity (Wildman–Crippen MR) is 100 cm³/mol. The molecule has 0 saturated carbocycles. The van der Waals surface area contributed by atoms with Gasteiger partial charge in [-0.1, -0.05) is 6.42 Å². The molecule has 0 spiro atoms. The standard InChI is InChI=1S/C17H25N5O3.ClH/c23-16(24)14-22(21-8-2-1-3-9-21)17(25)20-12-10-19(11-13-20)15-4-6-18-7-5-15;/h4-7H,1-3,8-14H2,(H,23,24);1H. The van der Waals surface area contributed by atoms with Gasteiger partial charge in [-0.3, -0.25) is 9.78 Å². The molecule has 2 fully saturated rings. The fraction of sp³-hybridized carbons (Fsp3) is 0.588. The molecule has 26 heavy (non-hydrogen) atoms. The number of pyridine rings is 1. The number of nitrogens with zero attached hydrogens (tertiary/aromatic N) is 5. The van der Waals surface area contributed by atoms with Crippen molar-refractivity contribution in [1.29, 1.82) is 0 Å². The van der Waals surface area contributed by atoms with Crippen molar-refractivity contribution in [2.24, 2.45) is 0 Å². The molecule has 0 aromatic carbocycles. The molecule has 144 valence electrons. The lowest BCUT2D eigenvalue weighted by Crippen LogP contribution is -2.58. The molecule has 0 bridgehead atoms. The number of carboxylic acids is 1. The summed E-state index contributed by atoms with van der Waals surface area (Å²) in [6, 6.07) is 3.72. The average Bonchev–Trinajstić information content (AvgIpc) is 2.67. The Bertz CT molecular complexity index is 589. The Labute approximate surface area is 159 Å². The fourth-order valence-electron chi connectivity index (χ4n) is 3.41. The normalized spacial score (nSPS) is 18.2. The maximum atomic E-state index is 12.9. The van der Waals surface area contributed by atoms with Crippen LogP contribution in [0.3, 0.4) is 0 Å². The van der Waals surface area contributed by atoms with Crippen molar-refractivity contribution in [3.05, 3.63) is 24.5 Å². The van der Waals surface area contributed by atoms with Crippen LogP contribution in [0.4, 0.5) is 10.5 Å². The molecule has 2 saturated heterocycles. The van der Waals surface area contributed by atoms with Crippen LogP contribution < -0.4 is 4.90 Å². The molecule has 3 rings (SSSR count). The maximum absolute atomic E-state index is 12.9. The minimum absolute atomic E-state index is 0. The number of carbonyl (C=O) groups excluding carboxylic acids is 1. The van der Waals surface area contributed by atoms with Gasteiger partial charge in [0, 0.05) is 57.3 Å². The number of piperazine rings is 1. The second-order valence-corrected chi connectivity index (χ2v) is 6.43. The van der Waals surface area contributed by atoms with E-state index in [2.05, 4.69) is 9.88 Å². The number of carboxylic acid groups (broad SMARTS) is 1. The summed E-state index contributed by atoms with van der Waals surface area (Å²) in [5.41, 5.74) is 1.10. The zero-order valence-electron chi connectivity index (χ0n) is 14.8. The van der Waals surface area contributed by atoms with E-state index >= 15 is 0 Å². The SMILES string of the molecule is Cl.O=C(O)CN(C(=O)N1CCN(c2ccncc2)CC1)N1CCCCC1. The first-order chi connectivity index (χ1) is 12.1. The van der Waals surface area contributed by atoms with Crippen molar-refractivity contribution in [2.45, 2.75) is 19.3 Å². The third kappa shape index (κ3) is 4.98. The van der Waals surface area contributed by atoms with Crippen LogP contribution in [0.15, 0.2) is 24.5 Å². The Balaban J connectivity index is 0.00000243. The summed E-state index contributed by atoms with van der Waals surface area (Å²) in [4.78, 5) is 32.1. The average molecular weight is 384 g/mol. The van der Waals surface area contributed by atoms with E-state index in [1.807, 2.05) is 17.1 Å². The first kappa shape index (κ1) is 20.3. The summed E-state index contributed by atoms with van der Waals surface area (Å²) in [6.07, 6.45) is 6.66. The number of urea groups is 1.